The fourth-order valence-corrected chi connectivity index (χ4v) is 3.84. The van der Waals surface area contributed by atoms with Crippen LogP contribution >= 0.6 is 0 Å². The van der Waals surface area contributed by atoms with Crippen LogP contribution in [0.4, 0.5) is 0 Å². The molecule has 0 bridgehead atoms. The van der Waals surface area contributed by atoms with Gasteiger partial charge in [0.25, 0.3) is 0 Å². The van der Waals surface area contributed by atoms with Crippen LogP contribution in [0.25, 0.3) is 0 Å². The zero-order chi connectivity index (χ0) is 19.4. The Bertz CT molecular complexity index is 702. The zero-order valence-corrected chi connectivity index (χ0v) is 16.0. The van der Waals surface area contributed by atoms with E-state index in [4.69, 9.17) is 23.7 Å². The number of ether oxygens (including phenoxy) is 5. The van der Waals surface area contributed by atoms with Gasteiger partial charge in [-0.2, -0.15) is 0 Å². The number of rotatable bonds is 4. The van der Waals surface area contributed by atoms with Gasteiger partial charge in [0.2, 0.25) is 0 Å². The lowest BCUT2D eigenvalue weighted by Crippen LogP contribution is -2.48. The van der Waals surface area contributed by atoms with Crippen LogP contribution in [-0.2, 0) is 35.1 Å². The highest BCUT2D eigenvalue weighted by atomic mass is 16.8. The molecule has 7 nitrogen and oxygen atoms in total. The summed E-state index contributed by atoms with van der Waals surface area (Å²) in [4.78, 5) is 12.2. The van der Waals surface area contributed by atoms with E-state index in [1.54, 1.807) is 13.8 Å². The highest BCUT2D eigenvalue weighted by molar-refractivity contribution is 5.79. The van der Waals surface area contributed by atoms with E-state index in [2.05, 4.69) is 0 Å². The Morgan fingerprint density at radius 3 is 2.37 bits per heavy atom. The predicted molar refractivity (Wildman–Crippen MR) is 93.4 cm³/mol. The molecule has 27 heavy (non-hydrogen) atoms. The van der Waals surface area contributed by atoms with E-state index in [-0.39, 0.29) is 0 Å². The van der Waals surface area contributed by atoms with E-state index in [9.17, 15) is 9.90 Å². The van der Waals surface area contributed by atoms with E-state index in [1.165, 1.54) is 0 Å². The number of esters is 1. The van der Waals surface area contributed by atoms with Gasteiger partial charge in [-0.3, -0.25) is 4.79 Å². The minimum absolute atomic E-state index is 0.346. The van der Waals surface area contributed by atoms with Crippen molar-refractivity contribution >= 4 is 5.97 Å². The normalized spacial score (nSPS) is 39.4. The average molecular weight is 378 g/mol. The molecule has 0 saturated carbocycles. The molecule has 3 fully saturated rings. The lowest BCUT2D eigenvalue weighted by molar-refractivity contribution is -0.235. The molecule has 1 N–H and O–H groups in total. The molecular formula is C20H26O7. The molecule has 1 aromatic carbocycles. The third-order valence-corrected chi connectivity index (χ3v) is 5.46. The minimum atomic E-state index is -1.01. The van der Waals surface area contributed by atoms with Gasteiger partial charge in [-0.1, -0.05) is 30.3 Å². The number of hydrogen-bond acceptors (Lipinski definition) is 7. The van der Waals surface area contributed by atoms with Crippen LogP contribution in [0.15, 0.2) is 30.3 Å². The maximum absolute atomic E-state index is 12.2. The summed E-state index contributed by atoms with van der Waals surface area (Å²) in [7, 11) is 0. The van der Waals surface area contributed by atoms with Crippen molar-refractivity contribution in [1.29, 1.82) is 0 Å². The standard InChI is InChI=1S/C20H26O7/c1-19(2)16(21)14(25-18(19)22)13-12(23-10-11-8-6-5-7-9-11)15-17(24-13)27-20(3,4)26-15/h5-9,12-17,21H,10H2,1-4H3/t12-,13-,14-,15+,16+,17+/m0/s1. The van der Waals surface area contributed by atoms with Crippen molar-refractivity contribution < 1.29 is 33.6 Å². The van der Waals surface area contributed by atoms with Crippen LogP contribution < -0.4 is 0 Å². The quantitative estimate of drug-likeness (QED) is 0.800. The lowest BCUT2D eigenvalue weighted by atomic mass is 9.84. The molecule has 3 aliphatic rings. The van der Waals surface area contributed by atoms with Crippen LogP contribution in [0.1, 0.15) is 33.3 Å². The molecule has 0 aliphatic carbocycles. The molecule has 0 amide bonds. The molecule has 1 aromatic rings. The van der Waals surface area contributed by atoms with Gasteiger partial charge in [-0.25, -0.2) is 0 Å². The topological polar surface area (TPSA) is 83.5 Å². The molecule has 3 aliphatic heterocycles. The third kappa shape index (κ3) is 3.28. The summed E-state index contributed by atoms with van der Waals surface area (Å²) in [6.07, 6.45) is -4.18. The highest BCUT2D eigenvalue weighted by Crippen LogP contribution is 2.44. The average Bonchev–Trinajstić information content (AvgIpc) is 3.15. The van der Waals surface area contributed by atoms with E-state index < -0.39 is 54.0 Å². The van der Waals surface area contributed by atoms with Gasteiger partial charge in [-0.15, -0.1) is 0 Å². The Kier molecular flexibility index (Phi) is 4.56. The van der Waals surface area contributed by atoms with Crippen LogP contribution in [0.5, 0.6) is 0 Å². The Hall–Kier alpha value is -1.51. The van der Waals surface area contributed by atoms with Gasteiger partial charge in [0.15, 0.2) is 18.2 Å². The fraction of sp³-hybridized carbons (Fsp3) is 0.650. The molecule has 3 saturated heterocycles. The van der Waals surface area contributed by atoms with E-state index in [0.29, 0.717) is 6.61 Å². The van der Waals surface area contributed by atoms with Crippen molar-refractivity contribution in [3.05, 3.63) is 35.9 Å². The van der Waals surface area contributed by atoms with Gasteiger partial charge in [0, 0.05) is 0 Å². The fourth-order valence-electron chi connectivity index (χ4n) is 3.84. The molecule has 0 aromatic heterocycles. The Balaban J connectivity index is 1.56. The van der Waals surface area contributed by atoms with Gasteiger partial charge in [0.1, 0.15) is 24.4 Å². The highest BCUT2D eigenvalue weighted by Gasteiger charge is 2.63. The summed E-state index contributed by atoms with van der Waals surface area (Å²) in [5.74, 6) is -1.25. The summed E-state index contributed by atoms with van der Waals surface area (Å²) < 4.78 is 29.4. The van der Waals surface area contributed by atoms with E-state index in [0.717, 1.165) is 5.56 Å². The number of fused-ring (bicyclic) bond motifs is 1. The van der Waals surface area contributed by atoms with Crippen molar-refractivity contribution in [2.75, 3.05) is 0 Å². The number of aliphatic hydroxyl groups excluding tert-OH is 1. The Labute approximate surface area is 158 Å². The molecule has 0 radical (unpaired) electrons. The number of aliphatic hydroxyl groups is 1. The molecule has 6 atom stereocenters. The van der Waals surface area contributed by atoms with Crippen LogP contribution in [-0.4, -0.2) is 53.7 Å². The van der Waals surface area contributed by atoms with Crippen molar-refractivity contribution in [3.8, 4) is 0 Å². The maximum atomic E-state index is 12.2. The van der Waals surface area contributed by atoms with Crippen LogP contribution in [0, 0.1) is 5.41 Å². The number of hydrogen-bond donors (Lipinski definition) is 1. The third-order valence-electron chi connectivity index (χ3n) is 5.46. The number of benzene rings is 1. The van der Waals surface area contributed by atoms with Gasteiger partial charge < -0.3 is 28.8 Å². The van der Waals surface area contributed by atoms with Gasteiger partial charge >= 0.3 is 5.97 Å². The summed E-state index contributed by atoms with van der Waals surface area (Å²) in [5.41, 5.74) is -0.00127. The maximum Gasteiger partial charge on any atom is 0.314 e. The summed E-state index contributed by atoms with van der Waals surface area (Å²) in [5, 5.41) is 10.7. The summed E-state index contributed by atoms with van der Waals surface area (Å²) in [6.45, 7) is 7.28. The van der Waals surface area contributed by atoms with E-state index in [1.807, 2.05) is 44.2 Å². The lowest BCUT2D eigenvalue weighted by Gasteiger charge is -2.30. The number of carbonyl (C=O) groups excluding carboxylic acids is 1. The van der Waals surface area contributed by atoms with Crippen LogP contribution in [0.3, 0.4) is 0 Å². The first-order valence-corrected chi connectivity index (χ1v) is 9.25. The largest absolute Gasteiger partial charge is 0.456 e. The molecule has 4 rings (SSSR count). The number of carbonyl (C=O) groups is 1. The minimum Gasteiger partial charge on any atom is -0.456 e. The van der Waals surface area contributed by atoms with Gasteiger partial charge in [0.05, 0.1) is 12.0 Å². The smallest absolute Gasteiger partial charge is 0.314 e. The van der Waals surface area contributed by atoms with E-state index >= 15 is 0 Å². The molecular weight excluding hydrogens is 352 g/mol. The van der Waals surface area contributed by atoms with Gasteiger partial charge in [-0.05, 0) is 33.3 Å². The predicted octanol–water partition coefficient (Wildman–Crippen LogP) is 1.76. The van der Waals surface area contributed by atoms with Crippen LogP contribution in [0.2, 0.25) is 0 Å². The van der Waals surface area contributed by atoms with Crippen molar-refractivity contribution in [2.24, 2.45) is 5.41 Å². The zero-order valence-electron chi connectivity index (χ0n) is 16.0. The monoisotopic (exact) mass is 378 g/mol. The van der Waals surface area contributed by atoms with Crippen molar-refractivity contribution in [3.63, 3.8) is 0 Å². The second kappa shape index (κ2) is 6.53. The number of cyclic esters (lactones) is 1. The first kappa shape index (κ1) is 18.8. The first-order valence-electron chi connectivity index (χ1n) is 9.25. The molecule has 148 valence electrons. The molecule has 7 heteroatoms. The Morgan fingerprint density at radius 2 is 1.74 bits per heavy atom. The summed E-state index contributed by atoms with van der Waals surface area (Å²) in [6, 6.07) is 9.74. The van der Waals surface area contributed by atoms with Crippen molar-refractivity contribution in [1.82, 2.24) is 0 Å². The second-order valence-corrected chi connectivity index (χ2v) is 8.37. The van der Waals surface area contributed by atoms with Crippen molar-refractivity contribution in [2.45, 2.75) is 76.9 Å². The molecule has 0 unspecified atom stereocenters. The molecule has 0 spiro atoms. The SMILES string of the molecule is CC1(C)O[C@H]2O[C@H]([C@@H]3OC(=O)C(C)(C)[C@@H]3O)[C@H](OCc3ccccc3)[C@H]2O1. The Morgan fingerprint density at radius 1 is 1.04 bits per heavy atom. The summed E-state index contributed by atoms with van der Waals surface area (Å²) >= 11 is 0. The first-order chi connectivity index (χ1) is 12.7. The molecule has 3 heterocycles. The second-order valence-electron chi connectivity index (χ2n) is 8.37.